The number of fused-ring (bicyclic) bond motifs is 1. The Balaban J connectivity index is 2.00. The third-order valence-corrected chi connectivity index (χ3v) is 4.59. The Morgan fingerprint density at radius 3 is 3.11 bits per heavy atom. The Bertz CT molecular complexity index is 584. The number of anilines is 1. The predicted molar refractivity (Wildman–Crippen MR) is 76.8 cm³/mol. The molecule has 1 aromatic heterocycles. The number of aliphatic hydroxyl groups is 1. The summed E-state index contributed by atoms with van der Waals surface area (Å²) in [6.45, 7) is 3.69. The third-order valence-electron chi connectivity index (χ3n) is 3.31. The highest BCUT2D eigenvalue weighted by Crippen LogP contribution is 2.33. The van der Waals surface area contributed by atoms with Gasteiger partial charge in [-0.1, -0.05) is 22.9 Å². The lowest BCUT2D eigenvalue weighted by Gasteiger charge is -2.29. The van der Waals surface area contributed by atoms with Crippen LogP contribution in [0.3, 0.4) is 0 Å². The fourth-order valence-electron chi connectivity index (χ4n) is 2.41. The topological polar surface area (TPSA) is 36.4 Å². The van der Waals surface area contributed by atoms with Crippen LogP contribution >= 0.6 is 22.9 Å². The van der Waals surface area contributed by atoms with Crippen molar-refractivity contribution in [2.75, 3.05) is 18.0 Å². The van der Waals surface area contributed by atoms with Crippen molar-refractivity contribution in [2.45, 2.75) is 25.9 Å². The number of piperidine rings is 1. The molecule has 1 unspecified atom stereocenters. The number of hydrogen-bond acceptors (Lipinski definition) is 4. The van der Waals surface area contributed by atoms with Crippen LogP contribution < -0.4 is 4.90 Å². The van der Waals surface area contributed by atoms with Crippen molar-refractivity contribution in [3.8, 4) is 0 Å². The second-order valence-electron chi connectivity index (χ2n) is 4.81. The standard InChI is InChI=1S/C13H15ClN2OS/c1-8-5-9(14)6-11-12(8)15-13(18-11)16-4-2-3-10(17)7-16/h5-6,10,17H,2-4,7H2,1H3. The molecule has 0 aliphatic carbocycles. The number of rotatable bonds is 1. The summed E-state index contributed by atoms with van der Waals surface area (Å²) in [6.07, 6.45) is 1.69. The molecule has 1 atom stereocenters. The van der Waals surface area contributed by atoms with Gasteiger partial charge in [-0.3, -0.25) is 0 Å². The van der Waals surface area contributed by atoms with E-state index in [2.05, 4.69) is 9.88 Å². The highest BCUT2D eigenvalue weighted by atomic mass is 35.5. The van der Waals surface area contributed by atoms with Crippen LogP contribution in [0.1, 0.15) is 18.4 Å². The molecule has 5 heteroatoms. The summed E-state index contributed by atoms with van der Waals surface area (Å²) in [6, 6.07) is 3.91. The van der Waals surface area contributed by atoms with E-state index < -0.39 is 0 Å². The maximum absolute atomic E-state index is 9.73. The van der Waals surface area contributed by atoms with Crippen molar-refractivity contribution in [3.63, 3.8) is 0 Å². The van der Waals surface area contributed by atoms with Crippen LogP contribution in [-0.2, 0) is 0 Å². The molecule has 3 nitrogen and oxygen atoms in total. The maximum Gasteiger partial charge on any atom is 0.186 e. The van der Waals surface area contributed by atoms with Crippen LogP contribution in [0, 0.1) is 6.92 Å². The predicted octanol–water partition coefficient (Wildman–Crippen LogP) is 3.22. The van der Waals surface area contributed by atoms with Crippen molar-refractivity contribution < 1.29 is 5.11 Å². The maximum atomic E-state index is 9.73. The molecule has 0 bridgehead atoms. The Labute approximate surface area is 115 Å². The van der Waals surface area contributed by atoms with Crippen LogP contribution in [0.5, 0.6) is 0 Å². The average molecular weight is 283 g/mol. The van der Waals surface area contributed by atoms with Crippen molar-refractivity contribution in [1.82, 2.24) is 4.98 Å². The number of aliphatic hydroxyl groups excluding tert-OH is 1. The minimum Gasteiger partial charge on any atom is -0.391 e. The van der Waals surface area contributed by atoms with Crippen LogP contribution in [0.25, 0.3) is 10.2 Å². The van der Waals surface area contributed by atoms with E-state index in [-0.39, 0.29) is 6.10 Å². The summed E-state index contributed by atoms with van der Waals surface area (Å²) in [5.74, 6) is 0. The average Bonchev–Trinajstić information content (AvgIpc) is 2.73. The molecule has 0 radical (unpaired) electrons. The lowest BCUT2D eigenvalue weighted by molar-refractivity contribution is 0.154. The fraction of sp³-hybridized carbons (Fsp3) is 0.462. The van der Waals surface area contributed by atoms with Gasteiger partial charge >= 0.3 is 0 Å². The van der Waals surface area contributed by atoms with Crippen LogP contribution in [0.15, 0.2) is 12.1 Å². The van der Waals surface area contributed by atoms with E-state index in [0.717, 1.165) is 45.3 Å². The van der Waals surface area contributed by atoms with Gasteiger partial charge in [0.2, 0.25) is 0 Å². The van der Waals surface area contributed by atoms with Crippen molar-refractivity contribution >= 4 is 38.3 Å². The van der Waals surface area contributed by atoms with Gasteiger partial charge in [-0.15, -0.1) is 0 Å². The first kappa shape index (κ1) is 12.2. The normalized spacial score (nSPS) is 20.6. The minimum atomic E-state index is -0.226. The third kappa shape index (κ3) is 2.20. The Morgan fingerprint density at radius 2 is 2.33 bits per heavy atom. The molecule has 18 heavy (non-hydrogen) atoms. The SMILES string of the molecule is Cc1cc(Cl)cc2sc(N3CCCC(O)C3)nc12. The van der Waals surface area contributed by atoms with Gasteiger partial charge in [-0.2, -0.15) is 0 Å². The Morgan fingerprint density at radius 1 is 1.50 bits per heavy atom. The molecule has 1 N–H and O–H groups in total. The lowest BCUT2D eigenvalue weighted by Crippen LogP contribution is -2.38. The van der Waals surface area contributed by atoms with Crippen LogP contribution in [0.4, 0.5) is 5.13 Å². The van der Waals surface area contributed by atoms with Crippen LogP contribution in [-0.4, -0.2) is 29.3 Å². The van der Waals surface area contributed by atoms with Crippen molar-refractivity contribution in [3.05, 3.63) is 22.7 Å². The largest absolute Gasteiger partial charge is 0.391 e. The molecule has 1 aliphatic rings. The summed E-state index contributed by atoms with van der Waals surface area (Å²) in [4.78, 5) is 6.86. The second kappa shape index (κ2) is 4.68. The first-order chi connectivity index (χ1) is 8.63. The molecule has 3 rings (SSSR count). The zero-order chi connectivity index (χ0) is 12.7. The van der Waals surface area contributed by atoms with E-state index in [0.29, 0.717) is 6.54 Å². The van der Waals surface area contributed by atoms with Gasteiger partial charge in [0, 0.05) is 18.1 Å². The molecule has 0 spiro atoms. The van der Waals surface area contributed by atoms with Gasteiger partial charge in [0.15, 0.2) is 5.13 Å². The van der Waals surface area contributed by atoms with Gasteiger partial charge in [0.25, 0.3) is 0 Å². The lowest BCUT2D eigenvalue weighted by atomic mass is 10.1. The molecular formula is C13H15ClN2OS. The van der Waals surface area contributed by atoms with E-state index in [4.69, 9.17) is 11.6 Å². The van der Waals surface area contributed by atoms with Gasteiger partial charge in [0.05, 0.1) is 16.3 Å². The molecule has 2 heterocycles. The highest BCUT2D eigenvalue weighted by molar-refractivity contribution is 7.22. The Kier molecular flexibility index (Phi) is 3.18. The van der Waals surface area contributed by atoms with Crippen LogP contribution in [0.2, 0.25) is 5.02 Å². The monoisotopic (exact) mass is 282 g/mol. The van der Waals surface area contributed by atoms with Gasteiger partial charge in [0.1, 0.15) is 0 Å². The first-order valence-corrected chi connectivity index (χ1v) is 7.32. The molecule has 1 aromatic carbocycles. The number of nitrogens with zero attached hydrogens (tertiary/aromatic N) is 2. The summed E-state index contributed by atoms with van der Waals surface area (Å²) < 4.78 is 1.12. The molecule has 0 saturated carbocycles. The van der Waals surface area contributed by atoms with E-state index in [1.165, 1.54) is 0 Å². The molecular weight excluding hydrogens is 268 g/mol. The summed E-state index contributed by atoms with van der Waals surface area (Å²) in [7, 11) is 0. The van der Waals surface area contributed by atoms with E-state index in [1.807, 2.05) is 19.1 Å². The molecule has 96 valence electrons. The van der Waals surface area contributed by atoms with Crippen molar-refractivity contribution in [1.29, 1.82) is 0 Å². The number of aromatic nitrogens is 1. The number of β-amino-alcohol motifs (C(OH)–C–C–N with tert-alkyl or cyclic N) is 1. The number of hydrogen-bond donors (Lipinski definition) is 1. The van der Waals surface area contributed by atoms with Gasteiger partial charge < -0.3 is 10.0 Å². The number of thiazole rings is 1. The smallest absolute Gasteiger partial charge is 0.186 e. The van der Waals surface area contributed by atoms with E-state index >= 15 is 0 Å². The summed E-state index contributed by atoms with van der Waals surface area (Å²) in [5, 5.41) is 11.5. The number of benzene rings is 1. The fourth-order valence-corrected chi connectivity index (χ4v) is 3.86. The Hall–Kier alpha value is -0.840. The van der Waals surface area contributed by atoms with E-state index in [1.54, 1.807) is 11.3 Å². The molecule has 1 saturated heterocycles. The first-order valence-electron chi connectivity index (χ1n) is 6.13. The molecule has 2 aromatic rings. The zero-order valence-corrected chi connectivity index (χ0v) is 11.8. The highest BCUT2D eigenvalue weighted by Gasteiger charge is 2.21. The molecule has 1 aliphatic heterocycles. The summed E-state index contributed by atoms with van der Waals surface area (Å²) >= 11 is 7.72. The van der Waals surface area contributed by atoms with Gasteiger partial charge in [-0.25, -0.2) is 4.98 Å². The zero-order valence-electron chi connectivity index (χ0n) is 10.2. The van der Waals surface area contributed by atoms with Gasteiger partial charge in [-0.05, 0) is 37.5 Å². The molecule has 1 fully saturated rings. The quantitative estimate of drug-likeness (QED) is 0.872. The second-order valence-corrected chi connectivity index (χ2v) is 6.25. The molecule has 0 amide bonds. The van der Waals surface area contributed by atoms with E-state index in [9.17, 15) is 5.11 Å². The minimum absolute atomic E-state index is 0.226. The van der Waals surface area contributed by atoms with Crippen molar-refractivity contribution in [2.24, 2.45) is 0 Å². The number of halogens is 1. The number of aryl methyl sites for hydroxylation is 1. The summed E-state index contributed by atoms with van der Waals surface area (Å²) in [5.41, 5.74) is 2.14.